The standard InChI is InChI=1S/C7H14O2.Na/c1-3-4-5-6(2)7(8)9;/h6H,3-5H2,1-2H3,(H,8,9);/q;+1/p-1. The topological polar surface area (TPSA) is 40.1 Å². The molecule has 3 heteroatoms. The van der Waals surface area contributed by atoms with E-state index in [1.807, 2.05) is 6.92 Å². The van der Waals surface area contributed by atoms with Crippen molar-refractivity contribution < 1.29 is 39.5 Å². The molecular weight excluding hydrogens is 139 g/mol. The number of aliphatic carboxylic acids is 1. The molecule has 0 fully saturated rings. The maximum atomic E-state index is 10.1. The molecule has 0 radical (unpaired) electrons. The van der Waals surface area contributed by atoms with Gasteiger partial charge in [-0.05, 0) is 12.3 Å². The van der Waals surface area contributed by atoms with Crippen LogP contribution in [0.1, 0.15) is 33.1 Å². The zero-order chi connectivity index (χ0) is 7.28. The quantitative estimate of drug-likeness (QED) is 0.420. The molecule has 0 aromatic heterocycles. The second kappa shape index (κ2) is 7.58. The first-order valence-electron chi connectivity index (χ1n) is 3.39. The van der Waals surface area contributed by atoms with Crippen LogP contribution < -0.4 is 34.7 Å². The van der Waals surface area contributed by atoms with E-state index in [0.29, 0.717) is 0 Å². The summed E-state index contributed by atoms with van der Waals surface area (Å²) in [6, 6.07) is 0. The van der Waals surface area contributed by atoms with Crippen LogP contribution in [0.25, 0.3) is 0 Å². The van der Waals surface area contributed by atoms with Crippen molar-refractivity contribution >= 4 is 5.97 Å². The monoisotopic (exact) mass is 152 g/mol. The van der Waals surface area contributed by atoms with Gasteiger partial charge in [-0.1, -0.05) is 26.7 Å². The van der Waals surface area contributed by atoms with E-state index in [4.69, 9.17) is 0 Å². The summed E-state index contributed by atoms with van der Waals surface area (Å²) < 4.78 is 0. The van der Waals surface area contributed by atoms with Crippen LogP contribution in [-0.2, 0) is 4.79 Å². The summed E-state index contributed by atoms with van der Waals surface area (Å²) in [5, 5.41) is 10.1. The van der Waals surface area contributed by atoms with Gasteiger partial charge in [0.2, 0.25) is 0 Å². The van der Waals surface area contributed by atoms with Gasteiger partial charge >= 0.3 is 29.6 Å². The van der Waals surface area contributed by atoms with Gasteiger partial charge in [-0.15, -0.1) is 0 Å². The second-order valence-electron chi connectivity index (χ2n) is 2.36. The van der Waals surface area contributed by atoms with Crippen molar-refractivity contribution in [3.05, 3.63) is 0 Å². The molecule has 0 saturated carbocycles. The molecule has 0 aliphatic rings. The summed E-state index contributed by atoms with van der Waals surface area (Å²) >= 11 is 0. The summed E-state index contributed by atoms with van der Waals surface area (Å²) in [7, 11) is 0. The first-order valence-corrected chi connectivity index (χ1v) is 3.39. The van der Waals surface area contributed by atoms with Crippen LogP contribution in [-0.4, -0.2) is 5.97 Å². The zero-order valence-corrected chi connectivity index (χ0v) is 9.02. The molecule has 1 atom stereocenters. The maximum Gasteiger partial charge on any atom is 1.00 e. The molecule has 2 nitrogen and oxygen atoms in total. The van der Waals surface area contributed by atoms with Crippen molar-refractivity contribution in [1.29, 1.82) is 0 Å². The molecular formula is C7H13NaO2. The fourth-order valence-corrected chi connectivity index (χ4v) is 0.628. The number of carboxylic acid groups (broad SMARTS) is 1. The Morgan fingerprint density at radius 3 is 2.40 bits per heavy atom. The first-order chi connectivity index (χ1) is 4.18. The molecule has 0 spiro atoms. The third kappa shape index (κ3) is 6.59. The molecule has 10 heavy (non-hydrogen) atoms. The minimum atomic E-state index is -0.927. The Bertz CT molecular complexity index is 93.6. The van der Waals surface area contributed by atoms with E-state index in [2.05, 4.69) is 0 Å². The van der Waals surface area contributed by atoms with E-state index < -0.39 is 5.97 Å². The Kier molecular flexibility index (Phi) is 9.92. The molecule has 0 N–H and O–H groups in total. The molecule has 0 rings (SSSR count). The molecule has 0 saturated heterocycles. The Morgan fingerprint density at radius 1 is 1.60 bits per heavy atom. The van der Waals surface area contributed by atoms with Gasteiger partial charge in [-0.2, -0.15) is 0 Å². The smallest absolute Gasteiger partial charge is 0.550 e. The molecule has 0 amide bonds. The summed E-state index contributed by atoms with van der Waals surface area (Å²) in [6.45, 7) is 3.73. The van der Waals surface area contributed by atoms with E-state index in [0.717, 1.165) is 19.3 Å². The SMILES string of the molecule is CCCCC(C)C(=O)[O-].[Na+]. The average Bonchev–Trinajstić information content (AvgIpc) is 1.82. The second-order valence-corrected chi connectivity index (χ2v) is 2.36. The Labute approximate surface area is 84.3 Å². The third-order valence-electron chi connectivity index (χ3n) is 1.39. The van der Waals surface area contributed by atoms with Gasteiger partial charge < -0.3 is 9.90 Å². The van der Waals surface area contributed by atoms with Crippen LogP contribution in [0.3, 0.4) is 0 Å². The predicted octanol–water partition coefficient (Wildman–Crippen LogP) is -2.43. The van der Waals surface area contributed by atoms with E-state index >= 15 is 0 Å². The maximum absolute atomic E-state index is 10.1. The van der Waals surface area contributed by atoms with Gasteiger partial charge in [0.25, 0.3) is 0 Å². The van der Waals surface area contributed by atoms with Crippen LogP contribution in [0.2, 0.25) is 0 Å². The number of carbonyl (C=O) groups excluding carboxylic acids is 1. The van der Waals surface area contributed by atoms with Crippen molar-refractivity contribution in [3.63, 3.8) is 0 Å². The molecule has 0 bridgehead atoms. The minimum Gasteiger partial charge on any atom is -0.550 e. The van der Waals surface area contributed by atoms with E-state index in [1.165, 1.54) is 0 Å². The number of unbranched alkanes of at least 4 members (excludes halogenated alkanes) is 1. The van der Waals surface area contributed by atoms with E-state index in [-0.39, 0.29) is 35.5 Å². The molecule has 0 heterocycles. The number of carboxylic acids is 1. The minimum absolute atomic E-state index is 0. The summed E-state index contributed by atoms with van der Waals surface area (Å²) in [5.74, 6) is -1.20. The summed E-state index contributed by atoms with van der Waals surface area (Å²) in [4.78, 5) is 10.1. The van der Waals surface area contributed by atoms with Gasteiger partial charge in [-0.3, -0.25) is 0 Å². The molecule has 1 unspecified atom stereocenters. The molecule has 0 aromatic rings. The Morgan fingerprint density at radius 2 is 2.10 bits per heavy atom. The van der Waals surface area contributed by atoms with E-state index in [9.17, 15) is 9.90 Å². The summed E-state index contributed by atoms with van der Waals surface area (Å²) in [6.07, 6.45) is 2.78. The largest absolute Gasteiger partial charge is 1.00 e. The van der Waals surface area contributed by atoms with Crippen molar-refractivity contribution in [3.8, 4) is 0 Å². The van der Waals surface area contributed by atoms with Gasteiger partial charge in [0, 0.05) is 5.97 Å². The van der Waals surface area contributed by atoms with Gasteiger partial charge in [0.15, 0.2) is 0 Å². The Hall–Kier alpha value is 0.470. The third-order valence-corrected chi connectivity index (χ3v) is 1.39. The van der Waals surface area contributed by atoms with Gasteiger partial charge in [0.1, 0.15) is 0 Å². The van der Waals surface area contributed by atoms with Crippen molar-refractivity contribution in [2.45, 2.75) is 33.1 Å². The molecule has 0 aliphatic heterocycles. The van der Waals surface area contributed by atoms with Crippen LogP contribution >= 0.6 is 0 Å². The normalized spacial score (nSPS) is 11.8. The van der Waals surface area contributed by atoms with Crippen LogP contribution in [0, 0.1) is 5.92 Å². The average molecular weight is 152 g/mol. The molecule has 54 valence electrons. The predicted molar refractivity (Wildman–Crippen MR) is 33.7 cm³/mol. The number of hydrogen-bond acceptors (Lipinski definition) is 2. The number of hydrogen-bond donors (Lipinski definition) is 0. The van der Waals surface area contributed by atoms with Gasteiger partial charge in [0.05, 0.1) is 0 Å². The van der Waals surface area contributed by atoms with Crippen LogP contribution in [0.15, 0.2) is 0 Å². The zero-order valence-electron chi connectivity index (χ0n) is 7.02. The fraction of sp³-hybridized carbons (Fsp3) is 0.857. The van der Waals surface area contributed by atoms with Crippen molar-refractivity contribution in [2.24, 2.45) is 5.92 Å². The van der Waals surface area contributed by atoms with Crippen LogP contribution in [0.4, 0.5) is 0 Å². The fourth-order valence-electron chi connectivity index (χ4n) is 0.628. The van der Waals surface area contributed by atoms with Gasteiger partial charge in [-0.25, -0.2) is 0 Å². The Balaban J connectivity index is 0. The van der Waals surface area contributed by atoms with Crippen LogP contribution in [0.5, 0.6) is 0 Å². The number of carbonyl (C=O) groups is 1. The van der Waals surface area contributed by atoms with Crippen molar-refractivity contribution in [2.75, 3.05) is 0 Å². The molecule has 0 aromatic carbocycles. The molecule has 0 aliphatic carbocycles. The van der Waals surface area contributed by atoms with E-state index in [1.54, 1.807) is 6.92 Å². The first kappa shape index (κ1) is 13.1. The number of rotatable bonds is 4. The van der Waals surface area contributed by atoms with Crippen molar-refractivity contribution in [1.82, 2.24) is 0 Å². The summed E-state index contributed by atoms with van der Waals surface area (Å²) in [5.41, 5.74) is 0.